The van der Waals surface area contributed by atoms with Crippen LogP contribution in [-0.2, 0) is 11.3 Å². The summed E-state index contributed by atoms with van der Waals surface area (Å²) in [6.07, 6.45) is -0.500. The van der Waals surface area contributed by atoms with Gasteiger partial charge < -0.3 is 15.2 Å². The van der Waals surface area contributed by atoms with Gasteiger partial charge in [-0.2, -0.15) is 0 Å². The fourth-order valence-electron chi connectivity index (χ4n) is 1.30. The molecule has 1 aromatic rings. The van der Waals surface area contributed by atoms with E-state index >= 15 is 0 Å². The molecule has 0 radical (unpaired) electrons. The Morgan fingerprint density at radius 2 is 2.06 bits per heavy atom. The summed E-state index contributed by atoms with van der Waals surface area (Å²) < 4.78 is 17.7. The lowest BCUT2D eigenvalue weighted by atomic mass is 10.2. The van der Waals surface area contributed by atoms with Gasteiger partial charge in [-0.25, -0.2) is 4.39 Å². The quantitative estimate of drug-likeness (QED) is 0.738. The van der Waals surface area contributed by atoms with E-state index in [-0.39, 0.29) is 5.82 Å². The molecule has 0 saturated carbocycles. The maximum absolute atomic E-state index is 12.6. The maximum Gasteiger partial charge on any atom is 0.123 e. The van der Waals surface area contributed by atoms with Gasteiger partial charge in [-0.15, -0.1) is 0 Å². The molecule has 0 heterocycles. The summed E-state index contributed by atoms with van der Waals surface area (Å²) in [5.74, 6) is -0.236. The Kier molecular flexibility index (Phi) is 6.00. The second-order valence-electron chi connectivity index (χ2n) is 3.57. The minimum atomic E-state index is -0.500. The molecule has 1 atom stereocenters. The van der Waals surface area contributed by atoms with Gasteiger partial charge >= 0.3 is 0 Å². The van der Waals surface area contributed by atoms with Crippen molar-refractivity contribution >= 4 is 0 Å². The molecule has 90 valence electrons. The van der Waals surface area contributed by atoms with Gasteiger partial charge in [0.15, 0.2) is 0 Å². The van der Waals surface area contributed by atoms with E-state index in [9.17, 15) is 9.50 Å². The zero-order valence-corrected chi connectivity index (χ0v) is 9.45. The number of ether oxygens (including phenoxy) is 1. The molecule has 0 aliphatic rings. The molecule has 1 unspecified atom stereocenters. The number of aliphatic hydroxyl groups excluding tert-OH is 1. The van der Waals surface area contributed by atoms with Crippen LogP contribution in [0.15, 0.2) is 24.3 Å². The number of aliphatic hydroxyl groups is 1. The van der Waals surface area contributed by atoms with Crippen LogP contribution in [-0.4, -0.2) is 31.0 Å². The van der Waals surface area contributed by atoms with Gasteiger partial charge in [0, 0.05) is 19.7 Å². The van der Waals surface area contributed by atoms with Crippen LogP contribution in [0.1, 0.15) is 12.5 Å². The highest BCUT2D eigenvalue weighted by atomic mass is 19.1. The van der Waals surface area contributed by atoms with Crippen LogP contribution in [0.5, 0.6) is 0 Å². The summed E-state index contributed by atoms with van der Waals surface area (Å²) in [5, 5.41) is 12.5. The lowest BCUT2D eigenvalue weighted by Crippen LogP contribution is -2.30. The molecule has 0 aromatic heterocycles. The first kappa shape index (κ1) is 13.1. The van der Waals surface area contributed by atoms with E-state index in [1.807, 2.05) is 6.92 Å². The summed E-state index contributed by atoms with van der Waals surface area (Å²) in [6.45, 7) is 3.92. The molecule has 0 bridgehead atoms. The zero-order chi connectivity index (χ0) is 11.8. The SMILES string of the molecule is CCOCC(O)CNCc1ccc(F)cc1. The number of benzene rings is 1. The van der Waals surface area contributed by atoms with Crippen molar-refractivity contribution in [1.82, 2.24) is 5.32 Å². The Bertz CT molecular complexity index is 290. The Labute approximate surface area is 95.2 Å². The second kappa shape index (κ2) is 7.33. The van der Waals surface area contributed by atoms with Crippen molar-refractivity contribution in [3.05, 3.63) is 35.6 Å². The fourth-order valence-corrected chi connectivity index (χ4v) is 1.30. The van der Waals surface area contributed by atoms with Crippen LogP contribution >= 0.6 is 0 Å². The van der Waals surface area contributed by atoms with Gasteiger partial charge in [0.2, 0.25) is 0 Å². The van der Waals surface area contributed by atoms with Crippen LogP contribution in [0.4, 0.5) is 4.39 Å². The summed E-state index contributed by atoms with van der Waals surface area (Å²) in [5.41, 5.74) is 0.991. The standard InChI is InChI=1S/C12H18FNO2/c1-2-16-9-12(15)8-14-7-10-3-5-11(13)6-4-10/h3-6,12,14-15H,2,7-9H2,1H3. The Morgan fingerprint density at radius 3 is 2.69 bits per heavy atom. The minimum absolute atomic E-state index is 0.236. The van der Waals surface area contributed by atoms with Crippen LogP contribution < -0.4 is 5.32 Å². The summed E-state index contributed by atoms with van der Waals surface area (Å²) in [4.78, 5) is 0. The second-order valence-corrected chi connectivity index (χ2v) is 3.57. The predicted octanol–water partition coefficient (Wildman–Crippen LogP) is 1.31. The smallest absolute Gasteiger partial charge is 0.123 e. The third-order valence-corrected chi connectivity index (χ3v) is 2.14. The molecule has 3 nitrogen and oxygen atoms in total. The zero-order valence-electron chi connectivity index (χ0n) is 9.45. The van der Waals surface area contributed by atoms with Crippen molar-refractivity contribution in [2.45, 2.75) is 19.6 Å². The number of rotatable bonds is 7. The predicted molar refractivity (Wildman–Crippen MR) is 60.6 cm³/mol. The summed E-state index contributed by atoms with van der Waals surface area (Å²) >= 11 is 0. The van der Waals surface area contributed by atoms with Crippen molar-refractivity contribution in [2.24, 2.45) is 0 Å². The van der Waals surface area contributed by atoms with E-state index in [4.69, 9.17) is 4.74 Å². The van der Waals surface area contributed by atoms with Crippen LogP contribution in [0.25, 0.3) is 0 Å². The highest BCUT2D eigenvalue weighted by Gasteiger charge is 2.02. The first-order chi connectivity index (χ1) is 7.72. The topological polar surface area (TPSA) is 41.5 Å². The van der Waals surface area contributed by atoms with Crippen LogP contribution in [0.2, 0.25) is 0 Å². The van der Waals surface area contributed by atoms with E-state index in [2.05, 4.69) is 5.32 Å². The van der Waals surface area contributed by atoms with Crippen LogP contribution in [0.3, 0.4) is 0 Å². The molecule has 0 amide bonds. The molecular weight excluding hydrogens is 209 g/mol. The lowest BCUT2D eigenvalue weighted by molar-refractivity contribution is 0.0427. The van der Waals surface area contributed by atoms with E-state index in [0.29, 0.717) is 26.3 Å². The highest BCUT2D eigenvalue weighted by molar-refractivity contribution is 5.15. The maximum atomic E-state index is 12.6. The van der Waals surface area contributed by atoms with Crippen molar-refractivity contribution in [3.8, 4) is 0 Å². The Balaban J connectivity index is 2.17. The average Bonchev–Trinajstić information content (AvgIpc) is 2.29. The lowest BCUT2D eigenvalue weighted by Gasteiger charge is -2.11. The monoisotopic (exact) mass is 227 g/mol. The first-order valence-electron chi connectivity index (χ1n) is 5.43. The molecule has 1 aromatic carbocycles. The fraction of sp³-hybridized carbons (Fsp3) is 0.500. The molecule has 2 N–H and O–H groups in total. The largest absolute Gasteiger partial charge is 0.389 e. The molecule has 0 saturated heterocycles. The van der Waals surface area contributed by atoms with Crippen LogP contribution in [0, 0.1) is 5.82 Å². The number of hydrogen-bond acceptors (Lipinski definition) is 3. The number of hydrogen-bond donors (Lipinski definition) is 2. The molecule has 0 aliphatic carbocycles. The normalized spacial score (nSPS) is 12.7. The molecule has 0 spiro atoms. The molecule has 1 rings (SSSR count). The molecule has 0 aliphatic heterocycles. The summed E-state index contributed by atoms with van der Waals surface area (Å²) in [7, 11) is 0. The molecule has 0 fully saturated rings. The first-order valence-corrected chi connectivity index (χ1v) is 5.43. The Hall–Kier alpha value is -0.970. The van der Waals surface area contributed by atoms with Gasteiger partial charge in [-0.05, 0) is 24.6 Å². The van der Waals surface area contributed by atoms with Gasteiger partial charge in [0.05, 0.1) is 12.7 Å². The molecular formula is C12H18FNO2. The van der Waals surface area contributed by atoms with E-state index in [1.165, 1.54) is 12.1 Å². The van der Waals surface area contributed by atoms with Crippen molar-refractivity contribution in [2.75, 3.05) is 19.8 Å². The van der Waals surface area contributed by atoms with Crippen molar-refractivity contribution < 1.29 is 14.2 Å². The van der Waals surface area contributed by atoms with Gasteiger partial charge in [-0.3, -0.25) is 0 Å². The van der Waals surface area contributed by atoms with Crippen molar-refractivity contribution in [1.29, 1.82) is 0 Å². The van der Waals surface area contributed by atoms with E-state index in [1.54, 1.807) is 12.1 Å². The van der Waals surface area contributed by atoms with Gasteiger partial charge in [0.25, 0.3) is 0 Å². The molecule has 4 heteroatoms. The van der Waals surface area contributed by atoms with E-state index < -0.39 is 6.10 Å². The number of halogens is 1. The minimum Gasteiger partial charge on any atom is -0.389 e. The van der Waals surface area contributed by atoms with Gasteiger partial charge in [0.1, 0.15) is 5.82 Å². The van der Waals surface area contributed by atoms with Gasteiger partial charge in [-0.1, -0.05) is 12.1 Å². The van der Waals surface area contributed by atoms with Crippen molar-refractivity contribution in [3.63, 3.8) is 0 Å². The molecule has 16 heavy (non-hydrogen) atoms. The highest BCUT2D eigenvalue weighted by Crippen LogP contribution is 2.01. The third kappa shape index (κ3) is 5.21. The Morgan fingerprint density at radius 1 is 1.38 bits per heavy atom. The average molecular weight is 227 g/mol. The van der Waals surface area contributed by atoms with E-state index in [0.717, 1.165) is 5.56 Å². The third-order valence-electron chi connectivity index (χ3n) is 2.14. The number of nitrogens with one attached hydrogen (secondary N) is 1. The summed E-state index contributed by atoms with van der Waals surface area (Å²) in [6, 6.07) is 6.29.